The lowest BCUT2D eigenvalue weighted by Crippen LogP contribution is -2.39. The normalized spacial score (nSPS) is 15.3. The minimum Gasteiger partial charge on any atom is -0.452 e. The second-order valence-corrected chi connectivity index (χ2v) is 8.53. The van der Waals surface area contributed by atoms with Gasteiger partial charge in [-0.05, 0) is 43.2 Å². The molecule has 1 aliphatic heterocycles. The molecule has 0 aliphatic carbocycles. The van der Waals surface area contributed by atoms with Crippen molar-refractivity contribution in [2.24, 2.45) is 0 Å². The fourth-order valence-corrected chi connectivity index (χ4v) is 4.98. The number of anilines is 1. The number of carbonyl (C=O) groups excluding carboxylic acids is 3. The minimum atomic E-state index is -3.91. The van der Waals surface area contributed by atoms with E-state index in [9.17, 15) is 22.8 Å². The molecule has 0 fully saturated rings. The van der Waals surface area contributed by atoms with Crippen LogP contribution in [0, 0.1) is 0 Å². The fraction of sp³-hybridized carbons (Fsp3) is 0.250. The van der Waals surface area contributed by atoms with Crippen LogP contribution in [-0.4, -0.2) is 46.0 Å². The molecule has 30 heavy (non-hydrogen) atoms. The van der Waals surface area contributed by atoms with Gasteiger partial charge in [-0.3, -0.25) is 14.4 Å². The lowest BCUT2D eigenvalue weighted by atomic mass is 10.1. The van der Waals surface area contributed by atoms with Gasteiger partial charge in [-0.15, -0.1) is 0 Å². The zero-order valence-corrected chi connectivity index (χ0v) is 17.2. The first-order chi connectivity index (χ1) is 14.2. The van der Waals surface area contributed by atoms with E-state index in [2.05, 4.69) is 5.32 Å². The van der Waals surface area contributed by atoms with Crippen molar-refractivity contribution in [3.8, 4) is 0 Å². The van der Waals surface area contributed by atoms with E-state index in [0.717, 1.165) is 5.56 Å². The van der Waals surface area contributed by atoms with Gasteiger partial charge in [-0.1, -0.05) is 24.3 Å². The van der Waals surface area contributed by atoms with Gasteiger partial charge < -0.3 is 10.1 Å². The molecule has 1 heterocycles. The van der Waals surface area contributed by atoms with Crippen molar-refractivity contribution in [1.82, 2.24) is 10.6 Å². The predicted octanol–water partition coefficient (Wildman–Crippen LogP) is 1.44. The van der Waals surface area contributed by atoms with Crippen LogP contribution in [0.2, 0.25) is 0 Å². The van der Waals surface area contributed by atoms with Crippen LogP contribution in [0.4, 0.5) is 10.5 Å². The lowest BCUT2D eigenvalue weighted by Gasteiger charge is -2.24. The van der Waals surface area contributed by atoms with Gasteiger partial charge in [0.15, 0.2) is 6.61 Å². The van der Waals surface area contributed by atoms with Crippen molar-refractivity contribution < 1.29 is 27.5 Å². The summed E-state index contributed by atoms with van der Waals surface area (Å²) in [6, 6.07) is 11.7. The molecule has 0 aromatic heterocycles. The van der Waals surface area contributed by atoms with E-state index in [0.29, 0.717) is 12.1 Å². The maximum Gasteiger partial charge on any atom is 0.338 e. The van der Waals surface area contributed by atoms with E-state index >= 15 is 0 Å². The van der Waals surface area contributed by atoms with Crippen molar-refractivity contribution in [3.05, 3.63) is 59.7 Å². The molecular formula is C20H21N3O6S. The molecule has 0 bridgehead atoms. The first-order valence-electron chi connectivity index (χ1n) is 9.15. The van der Waals surface area contributed by atoms with Crippen LogP contribution in [0.5, 0.6) is 0 Å². The van der Waals surface area contributed by atoms with Gasteiger partial charge in [0.05, 0.1) is 16.1 Å². The molecule has 9 nitrogen and oxygen atoms in total. The molecule has 3 amide bonds. The number of hydrogen-bond donors (Lipinski definition) is 2. The average Bonchev–Trinajstić information content (AvgIpc) is 3.08. The number of amides is 3. The Hall–Kier alpha value is -3.40. The van der Waals surface area contributed by atoms with Crippen LogP contribution in [0.25, 0.3) is 0 Å². The number of para-hydroxylation sites is 1. The highest BCUT2D eigenvalue weighted by molar-refractivity contribution is 7.92. The van der Waals surface area contributed by atoms with Crippen molar-refractivity contribution in [2.75, 3.05) is 18.0 Å². The number of fused-ring (bicyclic) bond motifs is 1. The number of nitrogens with zero attached hydrogens (tertiary/aromatic N) is 1. The first-order valence-corrected chi connectivity index (χ1v) is 10.6. The summed E-state index contributed by atoms with van der Waals surface area (Å²) in [5, 5.41) is 4.15. The van der Waals surface area contributed by atoms with Gasteiger partial charge >= 0.3 is 12.0 Å². The number of benzene rings is 2. The van der Waals surface area contributed by atoms with Gasteiger partial charge in [-0.25, -0.2) is 18.0 Å². The third-order valence-electron chi connectivity index (χ3n) is 4.59. The van der Waals surface area contributed by atoms with Crippen LogP contribution in [0.1, 0.15) is 22.8 Å². The number of rotatable bonds is 5. The Morgan fingerprint density at radius 3 is 2.60 bits per heavy atom. The zero-order valence-electron chi connectivity index (χ0n) is 16.4. The Labute approximate surface area is 174 Å². The molecule has 3 rings (SSSR count). The fourth-order valence-electron chi connectivity index (χ4n) is 3.24. The number of urea groups is 1. The highest BCUT2D eigenvalue weighted by atomic mass is 32.2. The van der Waals surface area contributed by atoms with Crippen molar-refractivity contribution in [3.63, 3.8) is 0 Å². The molecule has 2 aromatic carbocycles. The van der Waals surface area contributed by atoms with Gasteiger partial charge in [0.25, 0.3) is 15.9 Å². The number of ether oxygens (including phenoxy) is 1. The Bertz CT molecular complexity index is 1100. The topological polar surface area (TPSA) is 122 Å². The number of imide groups is 1. The number of esters is 1. The van der Waals surface area contributed by atoms with Crippen molar-refractivity contribution in [1.29, 1.82) is 0 Å². The number of sulfonamides is 1. The average molecular weight is 431 g/mol. The molecule has 1 atom stereocenters. The molecule has 0 unspecified atom stereocenters. The highest BCUT2D eigenvalue weighted by Gasteiger charge is 2.36. The zero-order chi connectivity index (χ0) is 21.9. The molecule has 0 saturated heterocycles. The van der Waals surface area contributed by atoms with E-state index in [1.165, 1.54) is 35.6 Å². The summed E-state index contributed by atoms with van der Waals surface area (Å²) in [5.74, 6) is -1.69. The SMILES string of the molecule is CNC(=O)NC(=O)COC(=O)c1cccc(S(=O)(=O)N2c3ccccc3C[C@H]2C)c1. The van der Waals surface area contributed by atoms with E-state index in [1.54, 1.807) is 12.1 Å². The Morgan fingerprint density at radius 1 is 1.13 bits per heavy atom. The van der Waals surface area contributed by atoms with E-state index in [1.807, 2.05) is 24.4 Å². The standard InChI is InChI=1S/C20H21N3O6S/c1-13-10-14-6-3-4-9-17(14)23(13)30(27,28)16-8-5-7-15(11-16)19(25)29-12-18(24)22-20(26)21-2/h3-9,11,13H,10,12H2,1-2H3,(H2,21,22,24,26)/t13-/m1/s1. The molecule has 158 valence electrons. The third kappa shape index (κ3) is 4.28. The van der Waals surface area contributed by atoms with Gasteiger partial charge in [0.1, 0.15) is 0 Å². The Kier molecular flexibility index (Phi) is 6.06. The van der Waals surface area contributed by atoms with Crippen LogP contribution in [-0.2, 0) is 26.0 Å². The van der Waals surface area contributed by atoms with Crippen LogP contribution in [0.15, 0.2) is 53.4 Å². The molecule has 2 N–H and O–H groups in total. The molecule has 0 radical (unpaired) electrons. The summed E-state index contributed by atoms with van der Waals surface area (Å²) in [6.45, 7) is 1.14. The van der Waals surface area contributed by atoms with Crippen molar-refractivity contribution >= 4 is 33.6 Å². The van der Waals surface area contributed by atoms with E-state index in [4.69, 9.17) is 4.74 Å². The number of carbonyl (C=O) groups is 3. The second kappa shape index (κ2) is 8.54. The quantitative estimate of drug-likeness (QED) is 0.691. The molecule has 0 spiro atoms. The largest absolute Gasteiger partial charge is 0.452 e. The third-order valence-corrected chi connectivity index (χ3v) is 6.51. The number of nitrogens with one attached hydrogen (secondary N) is 2. The van der Waals surface area contributed by atoms with Crippen LogP contribution >= 0.6 is 0 Å². The minimum absolute atomic E-state index is 0.0241. The molecular weight excluding hydrogens is 410 g/mol. The van der Waals surface area contributed by atoms with E-state index in [-0.39, 0.29) is 16.5 Å². The molecule has 1 aliphatic rings. The second-order valence-electron chi connectivity index (χ2n) is 6.71. The van der Waals surface area contributed by atoms with Gasteiger partial charge in [0.2, 0.25) is 0 Å². The molecule has 0 saturated carbocycles. The summed E-state index contributed by atoms with van der Waals surface area (Å²) >= 11 is 0. The summed E-state index contributed by atoms with van der Waals surface area (Å²) in [6.07, 6.45) is 0.595. The van der Waals surface area contributed by atoms with Crippen LogP contribution < -0.4 is 14.9 Å². The first kappa shape index (κ1) is 21.3. The van der Waals surface area contributed by atoms with Gasteiger partial charge in [0, 0.05) is 13.1 Å². The molecule has 10 heteroatoms. The highest BCUT2D eigenvalue weighted by Crippen LogP contribution is 2.36. The van der Waals surface area contributed by atoms with Crippen LogP contribution in [0.3, 0.4) is 0 Å². The summed E-state index contributed by atoms with van der Waals surface area (Å²) < 4.78 is 32.8. The number of hydrogen-bond acceptors (Lipinski definition) is 6. The summed E-state index contributed by atoms with van der Waals surface area (Å²) in [7, 11) is -2.58. The maximum atomic E-state index is 13.3. The van der Waals surface area contributed by atoms with Crippen molar-refractivity contribution in [2.45, 2.75) is 24.3 Å². The predicted molar refractivity (Wildman–Crippen MR) is 109 cm³/mol. The monoisotopic (exact) mass is 431 g/mol. The molecule has 2 aromatic rings. The Morgan fingerprint density at radius 2 is 1.87 bits per heavy atom. The Balaban J connectivity index is 1.79. The summed E-state index contributed by atoms with van der Waals surface area (Å²) in [5.41, 5.74) is 1.53. The van der Waals surface area contributed by atoms with Gasteiger partial charge in [-0.2, -0.15) is 0 Å². The maximum absolute atomic E-state index is 13.3. The summed E-state index contributed by atoms with van der Waals surface area (Å²) in [4.78, 5) is 34.8. The lowest BCUT2D eigenvalue weighted by molar-refractivity contribution is -0.123. The smallest absolute Gasteiger partial charge is 0.338 e. The van der Waals surface area contributed by atoms with E-state index < -0.39 is 34.5 Å².